The Morgan fingerprint density at radius 2 is 2.03 bits per heavy atom. The molecule has 0 aromatic heterocycles. The van der Waals surface area contributed by atoms with Crippen LogP contribution in [0.3, 0.4) is 0 Å². The second-order valence-corrected chi connectivity index (χ2v) is 11.9. The first kappa shape index (κ1) is 26.7. The van der Waals surface area contributed by atoms with Crippen molar-refractivity contribution in [1.82, 2.24) is 10.2 Å². The minimum absolute atomic E-state index is 0.0287. The number of benzene rings is 2. The predicted molar refractivity (Wildman–Crippen MR) is 152 cm³/mol. The molecule has 8 heteroatoms. The topological polar surface area (TPSA) is 58.6 Å². The summed E-state index contributed by atoms with van der Waals surface area (Å²) in [6.45, 7) is 5.58. The molecule has 0 bridgehead atoms. The second kappa shape index (κ2) is 11.8. The average Bonchev–Trinajstić information content (AvgIpc) is 3.54. The molecule has 4 rings (SSSR count). The normalized spacial score (nSPS) is 23.3. The highest BCUT2D eigenvalue weighted by molar-refractivity contribution is 14.2. The Hall–Kier alpha value is -1.32. The number of hydrogen-bond acceptors (Lipinski definition) is 5. The van der Waals surface area contributed by atoms with Crippen molar-refractivity contribution in [3.8, 4) is 5.75 Å². The Kier molecular flexibility index (Phi) is 9.03. The summed E-state index contributed by atoms with van der Waals surface area (Å²) in [4.78, 5) is 27.9. The minimum atomic E-state index is -0.763. The molecule has 0 radical (unpaired) electrons. The lowest BCUT2D eigenvalue weighted by atomic mass is 9.81. The first-order valence-electron chi connectivity index (χ1n) is 12.0. The summed E-state index contributed by atoms with van der Waals surface area (Å²) in [5, 5.41) is 4.55. The zero-order valence-electron chi connectivity index (χ0n) is 19.9. The van der Waals surface area contributed by atoms with E-state index in [0.717, 1.165) is 43.6 Å². The molecule has 188 valence electrons. The molecule has 2 aliphatic rings. The second-order valence-electron chi connectivity index (χ2n) is 9.27. The Morgan fingerprint density at radius 3 is 2.69 bits per heavy atom. The Bertz CT molecular complexity index is 1090. The third kappa shape index (κ3) is 5.99. The van der Waals surface area contributed by atoms with E-state index in [9.17, 15) is 9.59 Å². The van der Waals surface area contributed by atoms with Crippen LogP contribution in [-0.2, 0) is 15.0 Å². The smallest absolute Gasteiger partial charge is 0.198 e. The Labute approximate surface area is 227 Å². The molecule has 0 spiro atoms. The molecule has 2 aromatic rings. The molecule has 2 saturated heterocycles. The van der Waals surface area contributed by atoms with Crippen LogP contribution in [0.2, 0.25) is 10.0 Å². The molecule has 2 aromatic carbocycles. The number of Topliss-reactive ketones (excluding diaryl/α,β-unsaturated/α-hetero) is 1. The summed E-state index contributed by atoms with van der Waals surface area (Å²) in [5.41, 5.74) is 1.43. The van der Waals surface area contributed by atoms with Crippen LogP contribution in [0.4, 0.5) is 0 Å². The van der Waals surface area contributed by atoms with Crippen LogP contribution in [0.25, 0.3) is 0 Å². The molecule has 0 saturated carbocycles. The lowest BCUT2D eigenvalue weighted by molar-refractivity contribution is -0.120. The molecular weight excluding hydrogens is 598 g/mol. The first-order chi connectivity index (χ1) is 16.9. The number of rotatable bonds is 10. The number of halogens is 3. The number of likely N-dealkylation sites (tertiary alicyclic amines) is 1. The zero-order chi connectivity index (χ0) is 25.0. The molecule has 2 aliphatic heterocycles. The van der Waals surface area contributed by atoms with Gasteiger partial charge in [-0.25, -0.2) is 0 Å². The number of carbonyl (C=O) groups excluding carboxylic acids is 2. The van der Waals surface area contributed by atoms with Gasteiger partial charge < -0.3 is 10.1 Å². The molecule has 35 heavy (non-hydrogen) atoms. The van der Waals surface area contributed by atoms with E-state index in [1.54, 1.807) is 0 Å². The molecule has 0 aliphatic carbocycles. The molecular formula is C27H31Cl2IN2O3. The van der Waals surface area contributed by atoms with Gasteiger partial charge in [-0.2, -0.15) is 0 Å². The van der Waals surface area contributed by atoms with Gasteiger partial charge in [0.15, 0.2) is 3.79 Å². The largest absolute Gasteiger partial charge is 0.487 e. The highest BCUT2D eigenvalue weighted by Gasteiger charge is 2.42. The molecule has 2 heterocycles. The van der Waals surface area contributed by atoms with Crippen molar-refractivity contribution in [2.24, 2.45) is 0 Å². The summed E-state index contributed by atoms with van der Waals surface area (Å²) in [6, 6.07) is 13.3. The molecule has 5 nitrogen and oxygen atoms in total. The number of nitrogens with zero attached hydrogens (tertiary/aromatic N) is 1. The van der Waals surface area contributed by atoms with E-state index in [2.05, 4.69) is 14.7 Å². The van der Waals surface area contributed by atoms with Crippen LogP contribution < -0.4 is 10.1 Å². The van der Waals surface area contributed by atoms with Gasteiger partial charge in [-0.3, -0.25) is 14.5 Å². The van der Waals surface area contributed by atoms with Crippen LogP contribution in [-0.4, -0.2) is 57.8 Å². The number of nitrogens with one attached hydrogen (secondary N) is 1. The van der Waals surface area contributed by atoms with Gasteiger partial charge in [0.05, 0.1) is 16.4 Å². The summed E-state index contributed by atoms with van der Waals surface area (Å²) in [7, 11) is 0. The fourth-order valence-electron chi connectivity index (χ4n) is 5.07. The fourth-order valence-corrected chi connectivity index (χ4v) is 6.86. The van der Waals surface area contributed by atoms with Crippen LogP contribution >= 0.6 is 43.9 Å². The quantitative estimate of drug-likeness (QED) is 0.283. The van der Waals surface area contributed by atoms with Crippen LogP contribution in [0.1, 0.15) is 43.2 Å². The van der Waals surface area contributed by atoms with Crippen molar-refractivity contribution in [1.29, 1.82) is 0 Å². The molecule has 0 amide bonds. The van der Waals surface area contributed by atoms with Crippen molar-refractivity contribution in [3.05, 3.63) is 63.6 Å². The van der Waals surface area contributed by atoms with E-state index in [4.69, 9.17) is 27.9 Å². The van der Waals surface area contributed by atoms with Crippen molar-refractivity contribution in [3.63, 3.8) is 0 Å². The van der Waals surface area contributed by atoms with E-state index in [0.29, 0.717) is 35.3 Å². The van der Waals surface area contributed by atoms with Gasteiger partial charge in [-0.15, -0.1) is 0 Å². The molecule has 2 fully saturated rings. The SMILES string of the molecule is C=IC(=O)C1(c2ccc(Cl)c(O[C@H]3CCN(CC(C(=O)CC)c4ccc(Cl)cc4)C3)c2)CCNC1. The van der Waals surface area contributed by atoms with Gasteiger partial charge in [-0.05, 0) is 54.8 Å². The zero-order valence-corrected chi connectivity index (χ0v) is 23.5. The van der Waals surface area contributed by atoms with Crippen LogP contribution in [0.15, 0.2) is 42.5 Å². The number of hydrogen-bond donors (Lipinski definition) is 1. The summed E-state index contributed by atoms with van der Waals surface area (Å²) in [5.74, 6) is 0.659. The highest BCUT2D eigenvalue weighted by atomic mass is 127. The maximum Gasteiger partial charge on any atom is 0.198 e. The van der Waals surface area contributed by atoms with Crippen LogP contribution in [0.5, 0.6) is 5.75 Å². The van der Waals surface area contributed by atoms with E-state index in [1.165, 1.54) is 0 Å². The van der Waals surface area contributed by atoms with Crippen molar-refractivity contribution in [2.75, 3.05) is 32.7 Å². The van der Waals surface area contributed by atoms with Crippen LogP contribution in [0, 0.1) is 0 Å². The summed E-state index contributed by atoms with van der Waals surface area (Å²) >= 11 is 11.8. The highest BCUT2D eigenvalue weighted by Crippen LogP contribution is 2.39. The Balaban J connectivity index is 1.46. The number of ketones is 1. The third-order valence-corrected chi connectivity index (χ3v) is 9.40. The van der Waals surface area contributed by atoms with E-state index in [-0.39, 0.29) is 21.6 Å². The third-order valence-electron chi connectivity index (χ3n) is 7.11. The van der Waals surface area contributed by atoms with Gasteiger partial charge in [0, 0.05) is 37.6 Å². The monoisotopic (exact) mass is 628 g/mol. The van der Waals surface area contributed by atoms with E-state index in [1.807, 2.05) is 49.4 Å². The predicted octanol–water partition coefficient (Wildman–Crippen LogP) is 5.37. The van der Waals surface area contributed by atoms with Gasteiger partial charge in [-0.1, -0.05) is 73.6 Å². The lowest BCUT2D eigenvalue weighted by Crippen LogP contribution is -2.35. The molecule has 3 atom stereocenters. The summed E-state index contributed by atoms with van der Waals surface area (Å²) in [6.07, 6.45) is 2.09. The van der Waals surface area contributed by atoms with Gasteiger partial charge in [0.1, 0.15) is 17.6 Å². The average molecular weight is 629 g/mol. The maximum absolute atomic E-state index is 12.9. The lowest BCUT2D eigenvalue weighted by Gasteiger charge is -2.27. The minimum Gasteiger partial charge on any atom is -0.487 e. The molecule has 2 unspecified atom stereocenters. The standard InChI is InChI=1S/C27H31Cl2IN2O3/c1-3-24(33)22(18-4-7-20(28)8-5-18)16-32-13-10-21(15-32)35-25-14-19(6-9-23(25)29)27(26(34)30-2)11-12-31-17-27/h4-9,14,21-22,31H,2-3,10-13,15-17H2,1H3/t21-,22?,27?/m0/s1. The first-order valence-corrected chi connectivity index (χ1v) is 15.3. The number of ether oxygens (including phenoxy) is 1. The fraction of sp³-hybridized carbons (Fsp3) is 0.444. The van der Waals surface area contributed by atoms with Crippen molar-refractivity contribution < 1.29 is 14.3 Å². The van der Waals surface area contributed by atoms with Gasteiger partial charge >= 0.3 is 0 Å². The summed E-state index contributed by atoms with van der Waals surface area (Å²) < 4.78 is 10.6. The van der Waals surface area contributed by atoms with Gasteiger partial charge in [0.2, 0.25) is 0 Å². The van der Waals surface area contributed by atoms with E-state index < -0.39 is 26.1 Å². The van der Waals surface area contributed by atoms with Crippen molar-refractivity contribution >= 4 is 58.0 Å². The number of carbonyl (C=O) groups is 2. The van der Waals surface area contributed by atoms with Gasteiger partial charge in [0.25, 0.3) is 0 Å². The van der Waals surface area contributed by atoms with E-state index >= 15 is 0 Å². The van der Waals surface area contributed by atoms with Crippen molar-refractivity contribution in [2.45, 2.75) is 43.6 Å². The molecule has 1 N–H and O–H groups in total. The maximum atomic E-state index is 12.9. The Morgan fingerprint density at radius 1 is 1.26 bits per heavy atom.